The fraction of sp³-hybridized carbons (Fsp3) is 0.368. The Morgan fingerprint density at radius 3 is 2.75 bits per heavy atom. The fourth-order valence-electron chi connectivity index (χ4n) is 2.65. The molecular weight excluding hydrogens is 331 g/mol. The number of ether oxygens (including phenoxy) is 3. The van der Waals surface area contributed by atoms with Gasteiger partial charge in [-0.25, -0.2) is 4.39 Å². The zero-order chi connectivity index (χ0) is 16.9. The van der Waals surface area contributed by atoms with E-state index in [-0.39, 0.29) is 18.2 Å². The van der Waals surface area contributed by atoms with Gasteiger partial charge < -0.3 is 14.2 Å². The molecule has 1 aliphatic heterocycles. The van der Waals surface area contributed by atoms with Crippen LogP contribution in [-0.2, 0) is 15.9 Å². The quantitative estimate of drug-likeness (QED) is 0.762. The molecule has 5 heteroatoms. The number of halogens is 2. The van der Waals surface area contributed by atoms with Gasteiger partial charge in [0.05, 0.1) is 11.6 Å². The predicted molar refractivity (Wildman–Crippen MR) is 91.1 cm³/mol. The van der Waals surface area contributed by atoms with Crippen LogP contribution in [0.3, 0.4) is 0 Å². The first-order valence-electron chi connectivity index (χ1n) is 8.06. The lowest BCUT2D eigenvalue weighted by Crippen LogP contribution is -2.20. The molecule has 2 aromatic carbocycles. The van der Waals surface area contributed by atoms with Crippen molar-refractivity contribution in [3.8, 4) is 5.75 Å². The summed E-state index contributed by atoms with van der Waals surface area (Å²) in [6, 6.07) is 12.2. The Labute approximate surface area is 146 Å². The number of hydrogen-bond donors (Lipinski definition) is 0. The highest BCUT2D eigenvalue weighted by Crippen LogP contribution is 2.27. The van der Waals surface area contributed by atoms with Gasteiger partial charge in [0.15, 0.2) is 6.29 Å². The van der Waals surface area contributed by atoms with E-state index < -0.39 is 0 Å². The molecule has 0 radical (unpaired) electrons. The summed E-state index contributed by atoms with van der Waals surface area (Å²) in [6.07, 6.45) is 1.24. The van der Waals surface area contributed by atoms with Crippen LogP contribution < -0.4 is 4.74 Å². The van der Waals surface area contributed by atoms with Gasteiger partial charge >= 0.3 is 0 Å². The van der Waals surface area contributed by atoms with Crippen molar-refractivity contribution in [2.24, 2.45) is 0 Å². The molecule has 0 aromatic heterocycles. The van der Waals surface area contributed by atoms with Gasteiger partial charge in [-0.1, -0.05) is 36.7 Å². The molecule has 0 N–H and O–H groups in total. The molecule has 0 amide bonds. The molecule has 0 saturated carbocycles. The van der Waals surface area contributed by atoms with Gasteiger partial charge in [0.1, 0.15) is 24.3 Å². The normalized spacial score (nSPS) is 20.3. The molecule has 24 heavy (non-hydrogen) atoms. The summed E-state index contributed by atoms with van der Waals surface area (Å²) in [5.74, 6) is 0.380. The van der Waals surface area contributed by atoms with Gasteiger partial charge in [0.25, 0.3) is 0 Å². The van der Waals surface area contributed by atoms with Crippen LogP contribution in [-0.4, -0.2) is 25.6 Å². The van der Waals surface area contributed by atoms with Gasteiger partial charge in [-0.05, 0) is 48.2 Å². The fourth-order valence-corrected chi connectivity index (χ4v) is 2.90. The van der Waals surface area contributed by atoms with E-state index >= 15 is 0 Å². The monoisotopic (exact) mass is 350 g/mol. The Kier molecular flexibility index (Phi) is 5.72. The third-order valence-electron chi connectivity index (χ3n) is 3.86. The first kappa shape index (κ1) is 17.2. The second kappa shape index (κ2) is 7.97. The standard InChI is InChI=1S/C19H20ClFO3/c1-2-19-23-12-16(24-19)11-22-18-7-6-14(10-17(18)20)8-13-4-3-5-15(21)9-13/h3-7,9-10,16,19H,2,8,11-12H2,1H3. The van der Waals surface area contributed by atoms with Gasteiger partial charge in [0, 0.05) is 0 Å². The van der Waals surface area contributed by atoms with Crippen LogP contribution in [0.25, 0.3) is 0 Å². The van der Waals surface area contributed by atoms with Crippen LogP contribution in [0.5, 0.6) is 5.75 Å². The van der Waals surface area contributed by atoms with E-state index in [0.717, 1.165) is 17.5 Å². The van der Waals surface area contributed by atoms with Gasteiger partial charge in [-0.15, -0.1) is 0 Å². The molecule has 2 aromatic rings. The van der Waals surface area contributed by atoms with E-state index in [1.165, 1.54) is 12.1 Å². The number of hydrogen-bond acceptors (Lipinski definition) is 3. The maximum Gasteiger partial charge on any atom is 0.158 e. The van der Waals surface area contributed by atoms with Crippen LogP contribution in [0.1, 0.15) is 24.5 Å². The molecular formula is C19H20ClFO3. The Morgan fingerprint density at radius 1 is 1.21 bits per heavy atom. The summed E-state index contributed by atoms with van der Waals surface area (Å²) in [4.78, 5) is 0. The predicted octanol–water partition coefficient (Wildman–Crippen LogP) is 4.60. The van der Waals surface area contributed by atoms with Crippen molar-refractivity contribution >= 4 is 11.6 Å². The molecule has 1 heterocycles. The summed E-state index contributed by atoms with van der Waals surface area (Å²) in [5, 5.41) is 0.537. The molecule has 2 atom stereocenters. The maximum absolute atomic E-state index is 13.2. The molecule has 3 rings (SSSR count). The highest BCUT2D eigenvalue weighted by atomic mass is 35.5. The zero-order valence-electron chi connectivity index (χ0n) is 13.5. The van der Waals surface area contributed by atoms with E-state index in [9.17, 15) is 4.39 Å². The summed E-state index contributed by atoms with van der Waals surface area (Å²) in [7, 11) is 0. The van der Waals surface area contributed by atoms with Crippen molar-refractivity contribution in [3.05, 3.63) is 64.4 Å². The SMILES string of the molecule is CCC1OCC(COc2ccc(Cc3cccc(F)c3)cc2Cl)O1. The molecule has 0 spiro atoms. The minimum Gasteiger partial charge on any atom is -0.489 e. The van der Waals surface area contributed by atoms with Gasteiger partial charge in [-0.3, -0.25) is 0 Å². The Morgan fingerprint density at radius 2 is 2.04 bits per heavy atom. The van der Waals surface area contributed by atoms with Crippen LogP contribution in [0, 0.1) is 5.82 Å². The van der Waals surface area contributed by atoms with Crippen LogP contribution in [0.2, 0.25) is 5.02 Å². The van der Waals surface area contributed by atoms with Crippen molar-refractivity contribution in [1.29, 1.82) is 0 Å². The van der Waals surface area contributed by atoms with E-state index in [2.05, 4.69) is 0 Å². The third kappa shape index (κ3) is 4.47. The van der Waals surface area contributed by atoms with Crippen LogP contribution in [0.15, 0.2) is 42.5 Å². The van der Waals surface area contributed by atoms with E-state index in [1.54, 1.807) is 6.07 Å². The first-order valence-corrected chi connectivity index (χ1v) is 8.44. The average molecular weight is 351 g/mol. The summed E-state index contributed by atoms with van der Waals surface area (Å²) in [6.45, 7) is 2.95. The van der Waals surface area contributed by atoms with E-state index in [4.69, 9.17) is 25.8 Å². The molecule has 1 saturated heterocycles. The minimum atomic E-state index is -0.234. The highest BCUT2D eigenvalue weighted by molar-refractivity contribution is 6.32. The maximum atomic E-state index is 13.2. The topological polar surface area (TPSA) is 27.7 Å². The first-order chi connectivity index (χ1) is 11.6. The molecule has 2 unspecified atom stereocenters. The lowest BCUT2D eigenvalue weighted by atomic mass is 10.0. The molecule has 1 fully saturated rings. The summed E-state index contributed by atoms with van der Waals surface area (Å²) < 4.78 is 30.1. The Hall–Kier alpha value is -1.62. The van der Waals surface area contributed by atoms with Gasteiger partial charge in [-0.2, -0.15) is 0 Å². The zero-order valence-corrected chi connectivity index (χ0v) is 14.3. The number of benzene rings is 2. The molecule has 3 nitrogen and oxygen atoms in total. The summed E-state index contributed by atoms with van der Waals surface area (Å²) in [5.41, 5.74) is 1.91. The summed E-state index contributed by atoms with van der Waals surface area (Å²) >= 11 is 6.30. The number of rotatable bonds is 6. The largest absolute Gasteiger partial charge is 0.489 e. The molecule has 0 bridgehead atoms. The lowest BCUT2D eigenvalue weighted by molar-refractivity contribution is -0.0642. The van der Waals surface area contributed by atoms with Crippen LogP contribution in [0.4, 0.5) is 4.39 Å². The van der Waals surface area contributed by atoms with Crippen molar-refractivity contribution in [2.75, 3.05) is 13.2 Å². The third-order valence-corrected chi connectivity index (χ3v) is 4.16. The van der Waals surface area contributed by atoms with Crippen LogP contribution >= 0.6 is 11.6 Å². The second-order valence-electron chi connectivity index (χ2n) is 5.81. The average Bonchev–Trinajstić information content (AvgIpc) is 3.02. The lowest BCUT2D eigenvalue weighted by Gasteiger charge is -2.13. The minimum absolute atomic E-state index is 0.0713. The molecule has 128 valence electrons. The highest BCUT2D eigenvalue weighted by Gasteiger charge is 2.25. The smallest absolute Gasteiger partial charge is 0.158 e. The van der Waals surface area contributed by atoms with Gasteiger partial charge in [0.2, 0.25) is 0 Å². The molecule has 0 aliphatic carbocycles. The van der Waals surface area contributed by atoms with E-state index in [0.29, 0.717) is 30.4 Å². The van der Waals surface area contributed by atoms with Crippen molar-refractivity contribution in [1.82, 2.24) is 0 Å². The second-order valence-corrected chi connectivity index (χ2v) is 6.22. The Balaban J connectivity index is 1.58. The van der Waals surface area contributed by atoms with Crippen molar-refractivity contribution in [3.63, 3.8) is 0 Å². The van der Waals surface area contributed by atoms with Crippen molar-refractivity contribution in [2.45, 2.75) is 32.2 Å². The van der Waals surface area contributed by atoms with Crippen molar-refractivity contribution < 1.29 is 18.6 Å². The molecule has 1 aliphatic rings. The van der Waals surface area contributed by atoms with E-state index in [1.807, 2.05) is 31.2 Å². The Bertz CT molecular complexity index is 692.